The minimum atomic E-state index is -3.92. The van der Waals surface area contributed by atoms with Crippen LogP contribution < -0.4 is 5.43 Å². The Kier molecular flexibility index (Phi) is 6.71. The summed E-state index contributed by atoms with van der Waals surface area (Å²) in [5.74, 6) is -1.21. The van der Waals surface area contributed by atoms with E-state index in [1.807, 2.05) is 0 Å². The summed E-state index contributed by atoms with van der Waals surface area (Å²) >= 11 is 11.7. The van der Waals surface area contributed by atoms with E-state index in [0.29, 0.717) is 15.6 Å². The van der Waals surface area contributed by atoms with Gasteiger partial charge in [0.15, 0.2) is 0 Å². The molecular formula is C16H14Cl2FN3O3S. The van der Waals surface area contributed by atoms with E-state index in [0.717, 1.165) is 28.6 Å². The monoisotopic (exact) mass is 417 g/mol. The van der Waals surface area contributed by atoms with Gasteiger partial charge in [-0.3, -0.25) is 4.79 Å². The van der Waals surface area contributed by atoms with E-state index < -0.39 is 28.3 Å². The third kappa shape index (κ3) is 5.25. The topological polar surface area (TPSA) is 78.8 Å². The molecule has 1 N–H and O–H groups in total. The van der Waals surface area contributed by atoms with Crippen LogP contribution in [0, 0.1) is 5.82 Å². The summed E-state index contributed by atoms with van der Waals surface area (Å²) in [7, 11) is -2.69. The van der Waals surface area contributed by atoms with Crippen molar-refractivity contribution in [2.24, 2.45) is 5.10 Å². The molecule has 2 rings (SSSR count). The zero-order valence-electron chi connectivity index (χ0n) is 13.5. The molecule has 138 valence electrons. The van der Waals surface area contributed by atoms with E-state index in [4.69, 9.17) is 23.2 Å². The van der Waals surface area contributed by atoms with Crippen LogP contribution in [-0.2, 0) is 14.8 Å². The summed E-state index contributed by atoms with van der Waals surface area (Å²) in [6, 6.07) is 9.06. The number of carbonyl (C=O) groups excluding carboxylic acids is 1. The molecule has 0 saturated heterocycles. The van der Waals surface area contributed by atoms with Crippen molar-refractivity contribution in [1.29, 1.82) is 0 Å². The molecule has 6 nitrogen and oxygen atoms in total. The van der Waals surface area contributed by atoms with Crippen LogP contribution in [0.15, 0.2) is 52.5 Å². The Morgan fingerprint density at radius 2 is 1.88 bits per heavy atom. The Hall–Kier alpha value is -2.00. The van der Waals surface area contributed by atoms with Gasteiger partial charge in [0, 0.05) is 17.6 Å². The molecule has 0 aliphatic carbocycles. The summed E-state index contributed by atoms with van der Waals surface area (Å²) in [6.07, 6.45) is 1.31. The number of nitrogens with zero attached hydrogens (tertiary/aromatic N) is 2. The predicted molar refractivity (Wildman–Crippen MR) is 98.4 cm³/mol. The first-order chi connectivity index (χ1) is 12.2. The highest BCUT2D eigenvalue weighted by Crippen LogP contribution is 2.19. The number of rotatable bonds is 6. The molecule has 0 spiro atoms. The lowest BCUT2D eigenvalue weighted by Gasteiger charge is -2.16. The maximum absolute atomic E-state index is 12.9. The Morgan fingerprint density at radius 3 is 2.50 bits per heavy atom. The number of amides is 1. The number of hydrogen-bond donors (Lipinski definition) is 1. The number of benzene rings is 2. The standard InChI is InChI=1S/C16H14Cl2FN3O3S/c1-22(26(24,25)14-6-4-13(19)5-7-14)10-16(23)21-20-9-11-2-3-12(17)8-15(11)18/h2-9H,10H2,1H3,(H,21,23)/b20-9-. The maximum atomic E-state index is 12.9. The van der Waals surface area contributed by atoms with E-state index in [1.54, 1.807) is 12.1 Å². The van der Waals surface area contributed by atoms with Crippen LogP contribution in [-0.4, -0.2) is 38.4 Å². The zero-order chi connectivity index (χ0) is 19.3. The van der Waals surface area contributed by atoms with Gasteiger partial charge in [0.2, 0.25) is 10.0 Å². The summed E-state index contributed by atoms with van der Waals surface area (Å²) < 4.78 is 38.4. The molecule has 0 aliphatic heterocycles. The summed E-state index contributed by atoms with van der Waals surface area (Å²) in [4.78, 5) is 11.7. The largest absolute Gasteiger partial charge is 0.272 e. The summed E-state index contributed by atoms with van der Waals surface area (Å²) in [5, 5.41) is 4.54. The zero-order valence-corrected chi connectivity index (χ0v) is 15.8. The van der Waals surface area contributed by atoms with Gasteiger partial charge in [0.05, 0.1) is 22.7 Å². The molecule has 0 fully saturated rings. The van der Waals surface area contributed by atoms with Crippen molar-refractivity contribution in [1.82, 2.24) is 9.73 Å². The summed E-state index contributed by atoms with van der Waals surface area (Å²) in [6.45, 7) is -0.467. The third-order valence-electron chi connectivity index (χ3n) is 3.24. The SMILES string of the molecule is CN(CC(=O)N/N=C\c1ccc(Cl)cc1Cl)S(=O)(=O)c1ccc(F)cc1. The molecule has 0 aromatic heterocycles. The van der Waals surface area contributed by atoms with Crippen molar-refractivity contribution in [2.75, 3.05) is 13.6 Å². The van der Waals surface area contributed by atoms with Gasteiger partial charge in [0.25, 0.3) is 5.91 Å². The Labute approximate surface area is 160 Å². The molecule has 0 bridgehead atoms. The second kappa shape index (κ2) is 8.59. The lowest BCUT2D eigenvalue weighted by Crippen LogP contribution is -2.36. The minimum Gasteiger partial charge on any atom is -0.272 e. The van der Waals surface area contributed by atoms with E-state index in [-0.39, 0.29) is 4.90 Å². The molecule has 0 atom stereocenters. The number of hydrazone groups is 1. The predicted octanol–water partition coefficient (Wildman–Crippen LogP) is 2.90. The molecule has 2 aromatic carbocycles. The Morgan fingerprint density at radius 1 is 1.23 bits per heavy atom. The molecule has 0 radical (unpaired) electrons. The molecule has 0 heterocycles. The lowest BCUT2D eigenvalue weighted by molar-refractivity contribution is -0.121. The molecule has 26 heavy (non-hydrogen) atoms. The smallest absolute Gasteiger partial charge is 0.255 e. The molecule has 0 unspecified atom stereocenters. The van der Waals surface area contributed by atoms with Gasteiger partial charge in [-0.2, -0.15) is 9.41 Å². The summed E-state index contributed by atoms with van der Waals surface area (Å²) in [5.41, 5.74) is 2.74. The van der Waals surface area contributed by atoms with Gasteiger partial charge >= 0.3 is 0 Å². The number of nitrogens with one attached hydrogen (secondary N) is 1. The van der Waals surface area contributed by atoms with Gasteiger partial charge in [-0.05, 0) is 36.4 Å². The van der Waals surface area contributed by atoms with Gasteiger partial charge in [-0.15, -0.1) is 0 Å². The molecule has 2 aromatic rings. The second-order valence-corrected chi connectivity index (χ2v) is 8.06. The maximum Gasteiger partial charge on any atom is 0.255 e. The average Bonchev–Trinajstić information content (AvgIpc) is 2.57. The quantitative estimate of drug-likeness (QED) is 0.579. The molecular weight excluding hydrogens is 404 g/mol. The highest BCUT2D eigenvalue weighted by Gasteiger charge is 2.22. The van der Waals surface area contributed by atoms with Crippen molar-refractivity contribution < 1.29 is 17.6 Å². The first kappa shape index (κ1) is 20.3. The van der Waals surface area contributed by atoms with Crippen LogP contribution in [0.4, 0.5) is 4.39 Å². The lowest BCUT2D eigenvalue weighted by atomic mass is 10.2. The van der Waals surface area contributed by atoms with Crippen molar-refractivity contribution >= 4 is 45.3 Å². The van der Waals surface area contributed by atoms with Crippen LogP contribution in [0.25, 0.3) is 0 Å². The van der Waals surface area contributed by atoms with Crippen LogP contribution in [0.5, 0.6) is 0 Å². The van der Waals surface area contributed by atoms with Crippen LogP contribution in [0.1, 0.15) is 5.56 Å². The fourth-order valence-electron chi connectivity index (χ4n) is 1.89. The molecule has 10 heteroatoms. The number of hydrogen-bond acceptors (Lipinski definition) is 4. The van der Waals surface area contributed by atoms with E-state index in [9.17, 15) is 17.6 Å². The van der Waals surface area contributed by atoms with Gasteiger partial charge < -0.3 is 0 Å². The van der Waals surface area contributed by atoms with E-state index in [1.165, 1.54) is 19.3 Å². The fourth-order valence-corrected chi connectivity index (χ4v) is 3.47. The average molecular weight is 418 g/mol. The van der Waals surface area contributed by atoms with E-state index >= 15 is 0 Å². The highest BCUT2D eigenvalue weighted by molar-refractivity contribution is 7.89. The Balaban J connectivity index is 1.98. The number of likely N-dealkylation sites (N-methyl/N-ethyl adjacent to an activating group) is 1. The number of sulfonamides is 1. The van der Waals surface area contributed by atoms with Gasteiger partial charge in [0.1, 0.15) is 5.82 Å². The van der Waals surface area contributed by atoms with Crippen LogP contribution in [0.3, 0.4) is 0 Å². The van der Waals surface area contributed by atoms with Crippen molar-refractivity contribution in [3.63, 3.8) is 0 Å². The second-order valence-electron chi connectivity index (χ2n) is 5.17. The number of halogens is 3. The van der Waals surface area contributed by atoms with Crippen LogP contribution in [0.2, 0.25) is 10.0 Å². The van der Waals surface area contributed by atoms with Crippen LogP contribution >= 0.6 is 23.2 Å². The molecule has 0 aliphatic rings. The molecule has 0 saturated carbocycles. The molecule has 1 amide bonds. The Bertz CT molecular complexity index is 934. The van der Waals surface area contributed by atoms with Crippen molar-refractivity contribution in [2.45, 2.75) is 4.90 Å². The third-order valence-corrected chi connectivity index (χ3v) is 5.62. The minimum absolute atomic E-state index is 0.120. The van der Waals surface area contributed by atoms with Gasteiger partial charge in [-0.1, -0.05) is 29.3 Å². The first-order valence-corrected chi connectivity index (χ1v) is 9.38. The highest BCUT2D eigenvalue weighted by atomic mass is 35.5. The van der Waals surface area contributed by atoms with Crippen molar-refractivity contribution in [3.8, 4) is 0 Å². The number of carbonyl (C=O) groups is 1. The van der Waals surface area contributed by atoms with Crippen molar-refractivity contribution in [3.05, 3.63) is 63.9 Å². The van der Waals surface area contributed by atoms with E-state index in [2.05, 4.69) is 10.5 Å². The first-order valence-electron chi connectivity index (χ1n) is 7.19. The van der Waals surface area contributed by atoms with Gasteiger partial charge in [-0.25, -0.2) is 18.2 Å². The fraction of sp³-hybridized carbons (Fsp3) is 0.125. The normalized spacial score (nSPS) is 11.9.